The van der Waals surface area contributed by atoms with E-state index in [2.05, 4.69) is 0 Å². The number of carboxylic acids is 1. The molecule has 4 heteroatoms. The van der Waals surface area contributed by atoms with E-state index in [9.17, 15) is 9.90 Å². The Morgan fingerprint density at radius 3 is 2.25 bits per heavy atom. The van der Waals surface area contributed by atoms with Crippen LogP contribution in [0.3, 0.4) is 0 Å². The Kier molecular flexibility index (Phi) is 6.41. The molecule has 1 N–H and O–H groups in total. The summed E-state index contributed by atoms with van der Waals surface area (Å²) in [5.41, 5.74) is 0.857. The minimum absolute atomic E-state index is 0.518. The van der Waals surface area contributed by atoms with Gasteiger partial charge in [-0.25, -0.2) is 0 Å². The zero-order chi connectivity index (χ0) is 17.6. The molecule has 2 rings (SSSR count). The lowest BCUT2D eigenvalue weighted by atomic mass is 9.73. The molecule has 0 aliphatic heterocycles. The average molecular weight is 346 g/mol. The molecular formula is C20H24ClNO2. The van der Waals surface area contributed by atoms with Gasteiger partial charge in [0, 0.05) is 5.02 Å². The molecule has 0 saturated heterocycles. The third-order valence-electron chi connectivity index (χ3n) is 4.47. The first-order valence-corrected chi connectivity index (χ1v) is 8.50. The fourth-order valence-corrected chi connectivity index (χ4v) is 3.31. The van der Waals surface area contributed by atoms with Crippen molar-refractivity contribution in [2.24, 2.45) is 0 Å². The highest BCUT2D eigenvalue weighted by molar-refractivity contribution is 6.31. The van der Waals surface area contributed by atoms with Crippen LogP contribution >= 0.6 is 11.6 Å². The van der Waals surface area contributed by atoms with Crippen molar-refractivity contribution in [3.05, 3.63) is 70.7 Å². The molecule has 0 amide bonds. The number of hydrogen-bond donors (Lipinski definition) is 1. The molecule has 1 unspecified atom stereocenters. The number of hydrogen-bond acceptors (Lipinski definition) is 2. The summed E-state index contributed by atoms with van der Waals surface area (Å²) in [7, 11) is 3.91. The highest BCUT2D eigenvalue weighted by Crippen LogP contribution is 2.38. The van der Waals surface area contributed by atoms with Crippen molar-refractivity contribution in [2.75, 3.05) is 20.6 Å². The maximum absolute atomic E-state index is 12.3. The summed E-state index contributed by atoms with van der Waals surface area (Å²) >= 11 is 6.37. The highest BCUT2D eigenvalue weighted by atomic mass is 35.5. The number of aliphatic carboxylic acids is 1. The summed E-state index contributed by atoms with van der Waals surface area (Å²) in [6.45, 7) is 0.687. The summed E-state index contributed by atoms with van der Waals surface area (Å²) in [6, 6.07) is 17.3. The molecule has 0 aromatic heterocycles. The summed E-state index contributed by atoms with van der Waals surface area (Å²) < 4.78 is 0. The van der Waals surface area contributed by atoms with Crippen LogP contribution < -0.4 is 0 Å². The summed E-state index contributed by atoms with van der Waals surface area (Å²) in [5.74, 6) is -0.812. The van der Waals surface area contributed by atoms with E-state index in [1.54, 1.807) is 6.07 Å². The molecule has 128 valence electrons. The van der Waals surface area contributed by atoms with Crippen molar-refractivity contribution in [2.45, 2.75) is 24.7 Å². The topological polar surface area (TPSA) is 40.5 Å². The Balaban J connectivity index is 2.38. The van der Waals surface area contributed by atoms with Crippen LogP contribution in [0.4, 0.5) is 0 Å². The third-order valence-corrected chi connectivity index (χ3v) is 4.80. The first kappa shape index (κ1) is 18.5. The molecule has 2 aromatic rings. The van der Waals surface area contributed by atoms with Crippen LogP contribution in [0, 0.1) is 0 Å². The molecule has 1 atom stereocenters. The van der Waals surface area contributed by atoms with Crippen LogP contribution in [0.25, 0.3) is 0 Å². The van der Waals surface area contributed by atoms with Gasteiger partial charge in [-0.05, 0) is 57.1 Å². The van der Waals surface area contributed by atoms with Crippen LogP contribution in [0.2, 0.25) is 5.02 Å². The summed E-state index contributed by atoms with van der Waals surface area (Å²) in [4.78, 5) is 14.3. The van der Waals surface area contributed by atoms with Gasteiger partial charge in [-0.1, -0.05) is 60.1 Å². The first-order chi connectivity index (χ1) is 11.5. The van der Waals surface area contributed by atoms with Crippen LogP contribution in [0.1, 0.15) is 24.0 Å². The molecular weight excluding hydrogens is 322 g/mol. The highest BCUT2D eigenvalue weighted by Gasteiger charge is 2.41. The van der Waals surface area contributed by atoms with Crippen molar-refractivity contribution in [3.8, 4) is 0 Å². The van der Waals surface area contributed by atoms with Crippen molar-refractivity contribution in [1.82, 2.24) is 4.90 Å². The zero-order valence-electron chi connectivity index (χ0n) is 14.2. The number of nitrogens with zero attached hydrogens (tertiary/aromatic N) is 1. The average Bonchev–Trinajstić information content (AvgIpc) is 2.57. The number of halogens is 1. The molecule has 0 aliphatic rings. The van der Waals surface area contributed by atoms with Crippen LogP contribution in [-0.4, -0.2) is 36.6 Å². The Bertz CT molecular complexity index is 672. The van der Waals surface area contributed by atoms with E-state index < -0.39 is 11.4 Å². The molecule has 0 radical (unpaired) electrons. The van der Waals surface area contributed by atoms with Gasteiger partial charge in [-0.2, -0.15) is 0 Å². The van der Waals surface area contributed by atoms with Gasteiger partial charge < -0.3 is 10.0 Å². The minimum Gasteiger partial charge on any atom is -0.481 e. The quantitative estimate of drug-likeness (QED) is 0.777. The summed E-state index contributed by atoms with van der Waals surface area (Å²) in [5, 5.41) is 10.6. The second-order valence-corrected chi connectivity index (χ2v) is 6.81. The lowest BCUT2D eigenvalue weighted by Gasteiger charge is -2.32. The van der Waals surface area contributed by atoms with Crippen LogP contribution in [0.15, 0.2) is 54.6 Å². The first-order valence-electron chi connectivity index (χ1n) is 8.13. The maximum atomic E-state index is 12.3. The summed E-state index contributed by atoms with van der Waals surface area (Å²) in [6.07, 6.45) is 1.74. The second-order valence-electron chi connectivity index (χ2n) is 6.41. The molecule has 24 heavy (non-hydrogen) atoms. The molecule has 0 heterocycles. The molecule has 0 aliphatic carbocycles. The molecule has 3 nitrogen and oxygen atoms in total. The number of aryl methyl sites for hydroxylation is 1. The van der Waals surface area contributed by atoms with E-state index in [1.165, 1.54) is 0 Å². The van der Waals surface area contributed by atoms with Gasteiger partial charge in [-0.3, -0.25) is 4.79 Å². The molecule has 0 fully saturated rings. The minimum atomic E-state index is -0.988. The van der Waals surface area contributed by atoms with Gasteiger partial charge in [-0.15, -0.1) is 0 Å². The molecule has 0 saturated carbocycles. The Hall–Kier alpha value is -1.84. The monoisotopic (exact) mass is 345 g/mol. The zero-order valence-corrected chi connectivity index (χ0v) is 15.0. The SMILES string of the molecule is CN(C)CCC(CCc1ccccc1)(C(=O)O)c1ccccc1Cl. The van der Waals surface area contributed by atoms with E-state index in [-0.39, 0.29) is 0 Å². The smallest absolute Gasteiger partial charge is 0.314 e. The van der Waals surface area contributed by atoms with Gasteiger partial charge >= 0.3 is 5.97 Å². The van der Waals surface area contributed by atoms with E-state index in [0.29, 0.717) is 36.4 Å². The normalized spacial score (nSPS) is 13.7. The lowest BCUT2D eigenvalue weighted by Crippen LogP contribution is -2.39. The van der Waals surface area contributed by atoms with Crippen molar-refractivity contribution >= 4 is 17.6 Å². The van der Waals surface area contributed by atoms with Gasteiger partial charge in [0.15, 0.2) is 0 Å². The number of benzene rings is 2. The predicted molar refractivity (Wildman–Crippen MR) is 98.7 cm³/mol. The van der Waals surface area contributed by atoms with E-state index in [4.69, 9.17) is 11.6 Å². The van der Waals surface area contributed by atoms with E-state index in [0.717, 1.165) is 5.56 Å². The van der Waals surface area contributed by atoms with Crippen molar-refractivity contribution in [1.29, 1.82) is 0 Å². The van der Waals surface area contributed by atoms with Gasteiger partial charge in [0.05, 0.1) is 5.41 Å². The van der Waals surface area contributed by atoms with Crippen LogP contribution in [-0.2, 0) is 16.6 Å². The van der Waals surface area contributed by atoms with Gasteiger partial charge in [0.1, 0.15) is 0 Å². The van der Waals surface area contributed by atoms with Crippen LogP contribution in [0.5, 0.6) is 0 Å². The molecule has 0 bridgehead atoms. The Morgan fingerprint density at radius 1 is 1.04 bits per heavy atom. The number of rotatable bonds is 8. The Labute approximate surface area is 148 Å². The molecule has 0 spiro atoms. The van der Waals surface area contributed by atoms with E-state index >= 15 is 0 Å². The fourth-order valence-electron chi connectivity index (χ4n) is 2.99. The fraction of sp³-hybridized carbons (Fsp3) is 0.350. The predicted octanol–water partition coefficient (Wildman–Crippen LogP) is 4.25. The standard InChI is InChI=1S/C20H24ClNO2/c1-22(2)15-14-20(19(23)24,17-10-6-7-11-18(17)21)13-12-16-8-4-3-5-9-16/h3-11H,12-15H2,1-2H3,(H,23,24). The lowest BCUT2D eigenvalue weighted by molar-refractivity contribution is -0.144. The third kappa shape index (κ3) is 4.37. The van der Waals surface area contributed by atoms with Gasteiger partial charge in [0.25, 0.3) is 0 Å². The Morgan fingerprint density at radius 2 is 1.67 bits per heavy atom. The van der Waals surface area contributed by atoms with Gasteiger partial charge in [0.2, 0.25) is 0 Å². The van der Waals surface area contributed by atoms with Crippen molar-refractivity contribution < 1.29 is 9.90 Å². The second kappa shape index (κ2) is 8.32. The largest absolute Gasteiger partial charge is 0.481 e. The number of carboxylic acid groups (broad SMARTS) is 1. The molecule has 2 aromatic carbocycles. The number of carbonyl (C=O) groups is 1. The maximum Gasteiger partial charge on any atom is 0.314 e. The van der Waals surface area contributed by atoms with Crippen molar-refractivity contribution in [3.63, 3.8) is 0 Å². The van der Waals surface area contributed by atoms with E-state index in [1.807, 2.05) is 67.5 Å².